The number of hydrogen-bond acceptors (Lipinski definition) is 7. The van der Waals surface area contributed by atoms with Crippen molar-refractivity contribution in [2.75, 3.05) is 19.0 Å². The average molecular weight is 437 g/mol. The fourth-order valence-corrected chi connectivity index (χ4v) is 3.12. The van der Waals surface area contributed by atoms with Crippen LogP contribution in [0.3, 0.4) is 0 Å². The lowest BCUT2D eigenvalue weighted by Gasteiger charge is -2.16. The second kappa shape index (κ2) is 10.6. The Morgan fingerprint density at radius 3 is 2.69 bits per heavy atom. The van der Waals surface area contributed by atoms with Crippen molar-refractivity contribution in [2.45, 2.75) is 33.5 Å². The Morgan fingerprint density at radius 2 is 1.94 bits per heavy atom. The molecular formula is C24H27N3O5. The van der Waals surface area contributed by atoms with Gasteiger partial charge in [-0.3, -0.25) is 4.79 Å². The number of ether oxygens (including phenoxy) is 3. The molecule has 168 valence electrons. The number of amidine groups is 1. The van der Waals surface area contributed by atoms with Crippen LogP contribution in [0.5, 0.6) is 5.75 Å². The Labute approximate surface area is 187 Å². The minimum Gasteiger partial charge on any atom is -0.497 e. The predicted molar refractivity (Wildman–Crippen MR) is 122 cm³/mol. The monoisotopic (exact) mass is 437 g/mol. The van der Waals surface area contributed by atoms with Crippen molar-refractivity contribution in [1.29, 1.82) is 0 Å². The average Bonchev–Trinajstić information content (AvgIpc) is 2.92. The highest BCUT2D eigenvalue weighted by Gasteiger charge is 2.27. The van der Waals surface area contributed by atoms with E-state index >= 15 is 0 Å². The highest BCUT2D eigenvalue weighted by Crippen LogP contribution is 2.30. The van der Waals surface area contributed by atoms with Gasteiger partial charge in [-0.25, -0.2) is 9.79 Å². The first kappa shape index (κ1) is 23.0. The summed E-state index contributed by atoms with van der Waals surface area (Å²) >= 11 is 0. The van der Waals surface area contributed by atoms with Crippen LogP contribution in [0.4, 0.5) is 11.4 Å². The van der Waals surface area contributed by atoms with Crippen LogP contribution in [0.2, 0.25) is 0 Å². The van der Waals surface area contributed by atoms with Crippen LogP contribution in [-0.4, -0.2) is 37.5 Å². The number of carbonyl (C=O) groups is 2. The van der Waals surface area contributed by atoms with E-state index in [4.69, 9.17) is 14.2 Å². The number of allylic oxidation sites excluding steroid dienone is 1. The minimum atomic E-state index is -0.792. The number of fused-ring (bicyclic) bond motifs is 1. The summed E-state index contributed by atoms with van der Waals surface area (Å²) in [5.74, 6) is -0.183. The van der Waals surface area contributed by atoms with Gasteiger partial charge in [0.15, 0.2) is 0 Å². The molecule has 8 nitrogen and oxygen atoms in total. The first-order valence-corrected chi connectivity index (χ1v) is 10.3. The van der Waals surface area contributed by atoms with Crippen molar-refractivity contribution in [3.05, 3.63) is 65.4 Å². The standard InChI is InChI=1S/C24H27N3O5/c1-5-31-24(29)21-15(2)25-19-11-6-7-12-20(19)26-22(21)27-23(28)16(3)32-14-17-9-8-10-18(13-17)30-4/h6-13,16,25H,5,14H2,1-4H3,(H,26,27,28). The van der Waals surface area contributed by atoms with Crippen molar-refractivity contribution in [3.8, 4) is 5.75 Å². The first-order chi connectivity index (χ1) is 15.4. The van der Waals surface area contributed by atoms with E-state index in [1.165, 1.54) is 0 Å². The maximum absolute atomic E-state index is 12.9. The van der Waals surface area contributed by atoms with Crippen LogP contribution in [0.25, 0.3) is 0 Å². The third-order valence-electron chi connectivity index (χ3n) is 4.79. The van der Waals surface area contributed by atoms with Gasteiger partial charge in [0.1, 0.15) is 23.3 Å². The Bertz CT molecular complexity index is 1060. The van der Waals surface area contributed by atoms with Crippen LogP contribution in [-0.2, 0) is 25.7 Å². The van der Waals surface area contributed by atoms with Crippen molar-refractivity contribution in [2.24, 2.45) is 4.99 Å². The zero-order chi connectivity index (χ0) is 23.1. The fraction of sp³-hybridized carbons (Fsp3) is 0.292. The molecule has 0 aliphatic carbocycles. The molecule has 8 heteroatoms. The second-order valence-corrected chi connectivity index (χ2v) is 7.12. The molecule has 2 aromatic carbocycles. The maximum Gasteiger partial charge on any atom is 0.343 e. The smallest absolute Gasteiger partial charge is 0.343 e. The third kappa shape index (κ3) is 5.53. The van der Waals surface area contributed by atoms with Crippen LogP contribution < -0.4 is 15.4 Å². The van der Waals surface area contributed by atoms with E-state index in [1.54, 1.807) is 33.9 Å². The number of methoxy groups -OCH3 is 1. The largest absolute Gasteiger partial charge is 0.497 e. The number of rotatable bonds is 7. The molecule has 1 aliphatic heterocycles. The van der Waals surface area contributed by atoms with Crippen LogP contribution in [0.15, 0.2) is 64.8 Å². The normalized spacial score (nSPS) is 13.8. The van der Waals surface area contributed by atoms with E-state index in [0.29, 0.717) is 17.1 Å². The number of esters is 1. The Morgan fingerprint density at radius 1 is 1.16 bits per heavy atom. The van der Waals surface area contributed by atoms with Gasteiger partial charge in [0.25, 0.3) is 5.91 Å². The molecule has 0 aromatic heterocycles. The van der Waals surface area contributed by atoms with Gasteiger partial charge < -0.3 is 24.8 Å². The SMILES string of the molecule is CCOC(=O)C1=C(C)Nc2ccccc2N=C1NC(=O)C(C)OCc1cccc(OC)c1. The highest BCUT2D eigenvalue weighted by molar-refractivity contribution is 6.24. The topological polar surface area (TPSA) is 98.2 Å². The Kier molecular flexibility index (Phi) is 7.62. The van der Waals surface area contributed by atoms with Gasteiger partial charge in [-0.05, 0) is 50.6 Å². The zero-order valence-corrected chi connectivity index (χ0v) is 18.6. The summed E-state index contributed by atoms with van der Waals surface area (Å²) in [5.41, 5.74) is 2.87. The number of aliphatic imine (C=N–C) groups is 1. The molecule has 32 heavy (non-hydrogen) atoms. The molecule has 0 fully saturated rings. The van der Waals surface area contributed by atoms with E-state index in [-0.39, 0.29) is 24.6 Å². The van der Waals surface area contributed by atoms with Crippen molar-refractivity contribution in [3.63, 3.8) is 0 Å². The number of anilines is 1. The molecule has 1 heterocycles. The molecule has 1 aliphatic rings. The summed E-state index contributed by atoms with van der Waals surface area (Å²) in [7, 11) is 1.59. The molecule has 1 atom stereocenters. The lowest BCUT2D eigenvalue weighted by molar-refractivity contribution is -0.137. The Balaban J connectivity index is 1.79. The van der Waals surface area contributed by atoms with E-state index < -0.39 is 18.0 Å². The molecule has 2 N–H and O–H groups in total. The number of nitrogens with zero attached hydrogens (tertiary/aromatic N) is 1. The van der Waals surface area contributed by atoms with Crippen LogP contribution >= 0.6 is 0 Å². The molecule has 2 aromatic rings. The van der Waals surface area contributed by atoms with Crippen molar-refractivity contribution in [1.82, 2.24) is 5.32 Å². The lowest BCUT2D eigenvalue weighted by atomic mass is 10.1. The summed E-state index contributed by atoms with van der Waals surface area (Å²) in [6.45, 7) is 5.51. The summed E-state index contributed by atoms with van der Waals surface area (Å²) in [4.78, 5) is 30.1. The summed E-state index contributed by atoms with van der Waals surface area (Å²) in [6.07, 6.45) is -0.792. The molecule has 0 spiro atoms. The second-order valence-electron chi connectivity index (χ2n) is 7.12. The van der Waals surface area contributed by atoms with Gasteiger partial charge in [-0.1, -0.05) is 24.3 Å². The van der Waals surface area contributed by atoms with E-state index in [0.717, 1.165) is 11.3 Å². The molecule has 3 rings (SSSR count). The van der Waals surface area contributed by atoms with Gasteiger partial charge in [0.2, 0.25) is 0 Å². The first-order valence-electron chi connectivity index (χ1n) is 10.3. The number of nitrogens with one attached hydrogen (secondary N) is 2. The van der Waals surface area contributed by atoms with Gasteiger partial charge in [0.05, 0.1) is 31.7 Å². The van der Waals surface area contributed by atoms with Crippen molar-refractivity contribution < 1.29 is 23.8 Å². The molecule has 1 amide bonds. The lowest BCUT2D eigenvalue weighted by Crippen LogP contribution is -2.41. The minimum absolute atomic E-state index is 0.111. The summed E-state index contributed by atoms with van der Waals surface area (Å²) in [6, 6.07) is 14.7. The predicted octanol–water partition coefficient (Wildman–Crippen LogP) is 3.71. The number of amides is 1. The fourth-order valence-electron chi connectivity index (χ4n) is 3.12. The zero-order valence-electron chi connectivity index (χ0n) is 18.6. The van der Waals surface area contributed by atoms with E-state index in [2.05, 4.69) is 15.6 Å². The van der Waals surface area contributed by atoms with E-state index in [9.17, 15) is 9.59 Å². The quantitative estimate of drug-likeness (QED) is 0.641. The molecule has 0 radical (unpaired) electrons. The van der Waals surface area contributed by atoms with Gasteiger partial charge in [-0.15, -0.1) is 0 Å². The number of carbonyl (C=O) groups excluding carboxylic acids is 2. The number of hydrogen-bond donors (Lipinski definition) is 2. The Hall–Kier alpha value is -3.65. The number of para-hydroxylation sites is 2. The van der Waals surface area contributed by atoms with Crippen molar-refractivity contribution >= 4 is 29.1 Å². The highest BCUT2D eigenvalue weighted by atomic mass is 16.5. The van der Waals surface area contributed by atoms with Crippen LogP contribution in [0.1, 0.15) is 26.3 Å². The van der Waals surface area contributed by atoms with Gasteiger partial charge in [-0.2, -0.15) is 0 Å². The van der Waals surface area contributed by atoms with Gasteiger partial charge in [0, 0.05) is 5.70 Å². The van der Waals surface area contributed by atoms with Crippen LogP contribution in [0, 0.1) is 0 Å². The van der Waals surface area contributed by atoms with E-state index in [1.807, 2.05) is 42.5 Å². The molecule has 1 unspecified atom stereocenters. The number of benzene rings is 2. The summed E-state index contributed by atoms with van der Waals surface area (Å²) < 4.78 is 16.1. The molecule has 0 saturated heterocycles. The third-order valence-corrected chi connectivity index (χ3v) is 4.79. The molecule has 0 saturated carbocycles. The molecule has 0 bridgehead atoms. The maximum atomic E-state index is 12.9. The molecular weight excluding hydrogens is 410 g/mol. The van der Waals surface area contributed by atoms with Gasteiger partial charge >= 0.3 is 5.97 Å². The summed E-state index contributed by atoms with van der Waals surface area (Å²) in [5, 5.41) is 5.91.